The van der Waals surface area contributed by atoms with Gasteiger partial charge in [-0.25, -0.2) is 0 Å². The maximum atomic E-state index is 6.68. The first-order chi connectivity index (χ1) is 28.8. The number of nitrogens with zero attached hydrogens (tertiary/aromatic N) is 2. The second-order valence-electron chi connectivity index (χ2n) is 15.2. The maximum Gasteiger partial charge on any atom is 0.145 e. The van der Waals surface area contributed by atoms with Gasteiger partial charge in [-0.1, -0.05) is 103 Å². The molecule has 0 saturated heterocycles. The van der Waals surface area contributed by atoms with E-state index in [1.165, 1.54) is 27.4 Å². The highest BCUT2D eigenvalue weighted by molar-refractivity contribution is 6.25. The van der Waals surface area contributed by atoms with Gasteiger partial charge in [0, 0.05) is 49.1 Å². The Morgan fingerprint density at radius 3 is 1.67 bits per heavy atom. The van der Waals surface area contributed by atoms with Gasteiger partial charge in [-0.2, -0.15) is 0 Å². The summed E-state index contributed by atoms with van der Waals surface area (Å²) >= 11 is 0. The Balaban J connectivity index is 1.02. The Morgan fingerprint density at radius 2 is 0.862 bits per heavy atom. The summed E-state index contributed by atoms with van der Waals surface area (Å²) in [5.41, 5.74) is 15.0. The third kappa shape index (κ3) is 4.40. The van der Waals surface area contributed by atoms with Crippen molar-refractivity contribution >= 4 is 87.5 Å². The molecule has 0 atom stereocenters. The third-order valence-electron chi connectivity index (χ3n) is 12.1. The van der Waals surface area contributed by atoms with Gasteiger partial charge in [-0.3, -0.25) is 0 Å². The zero-order valence-electron chi connectivity index (χ0n) is 31.2. The van der Waals surface area contributed by atoms with Crippen LogP contribution in [0.4, 0.5) is 0 Å². The van der Waals surface area contributed by atoms with E-state index in [9.17, 15) is 0 Å². The second kappa shape index (κ2) is 11.8. The van der Waals surface area contributed by atoms with E-state index < -0.39 is 0 Å². The first-order valence-electron chi connectivity index (χ1n) is 19.8. The van der Waals surface area contributed by atoms with E-state index in [4.69, 9.17) is 8.83 Å². The summed E-state index contributed by atoms with van der Waals surface area (Å²) in [5.74, 6) is 0. The molecule has 0 fully saturated rings. The minimum Gasteiger partial charge on any atom is -0.456 e. The lowest BCUT2D eigenvalue weighted by Crippen LogP contribution is -1.93. The van der Waals surface area contributed by atoms with Gasteiger partial charge in [0.15, 0.2) is 0 Å². The van der Waals surface area contributed by atoms with E-state index in [0.717, 1.165) is 93.7 Å². The Kier molecular flexibility index (Phi) is 6.41. The van der Waals surface area contributed by atoms with Crippen molar-refractivity contribution in [1.82, 2.24) is 9.13 Å². The molecule has 13 aromatic rings. The van der Waals surface area contributed by atoms with Gasteiger partial charge in [0.2, 0.25) is 0 Å². The summed E-state index contributed by atoms with van der Waals surface area (Å²) < 4.78 is 18.0. The van der Waals surface area contributed by atoms with Crippen molar-refractivity contribution in [2.45, 2.75) is 0 Å². The second-order valence-corrected chi connectivity index (χ2v) is 15.2. The van der Waals surface area contributed by atoms with E-state index in [-0.39, 0.29) is 0 Å². The molecule has 270 valence electrons. The predicted molar refractivity (Wildman–Crippen MR) is 241 cm³/mol. The zero-order chi connectivity index (χ0) is 37.9. The highest BCUT2D eigenvalue weighted by Gasteiger charge is 2.21. The first kappa shape index (κ1) is 31.4. The van der Waals surface area contributed by atoms with E-state index in [0.29, 0.717) is 0 Å². The van der Waals surface area contributed by atoms with Crippen molar-refractivity contribution in [2.24, 2.45) is 0 Å². The van der Waals surface area contributed by atoms with E-state index >= 15 is 0 Å². The molecular weight excluding hydrogens is 709 g/mol. The number of aromatic nitrogens is 2. The number of hydrogen-bond acceptors (Lipinski definition) is 2. The van der Waals surface area contributed by atoms with Crippen molar-refractivity contribution < 1.29 is 8.83 Å². The third-order valence-corrected chi connectivity index (χ3v) is 12.1. The van der Waals surface area contributed by atoms with Gasteiger partial charge in [0.25, 0.3) is 0 Å². The number of benzene rings is 9. The van der Waals surface area contributed by atoms with Crippen LogP contribution in [0, 0.1) is 0 Å². The standard InChI is InChI=1S/C54H32N2O2/c1-3-12-36(13-4-1)55-45-19-9-7-16-39(45)42-30-33(22-26-46(42)55)34-24-29-50-44(31-34)52-38(18-11-21-51(52)57-50)35-23-27-47-43(32-35)53-48(56(47)37-14-5-2-6-15-37)28-25-41-40-17-8-10-20-49(40)58-54(41)53/h1-32H. The Labute approximate surface area is 332 Å². The van der Waals surface area contributed by atoms with Crippen LogP contribution in [0.2, 0.25) is 0 Å². The van der Waals surface area contributed by atoms with Crippen LogP contribution in [0.25, 0.3) is 121 Å². The summed E-state index contributed by atoms with van der Waals surface area (Å²) in [6, 6.07) is 69.4. The molecule has 0 aliphatic carbocycles. The summed E-state index contributed by atoms with van der Waals surface area (Å²) in [5, 5.41) is 9.20. The van der Waals surface area contributed by atoms with Crippen molar-refractivity contribution in [3.8, 4) is 33.6 Å². The molecule has 0 N–H and O–H groups in total. The van der Waals surface area contributed by atoms with Crippen LogP contribution < -0.4 is 0 Å². The number of hydrogen-bond donors (Lipinski definition) is 0. The highest BCUT2D eigenvalue weighted by atomic mass is 16.3. The normalized spacial score (nSPS) is 12.1. The summed E-state index contributed by atoms with van der Waals surface area (Å²) in [4.78, 5) is 0. The van der Waals surface area contributed by atoms with Gasteiger partial charge in [-0.15, -0.1) is 0 Å². The quantitative estimate of drug-likeness (QED) is 0.180. The van der Waals surface area contributed by atoms with Crippen molar-refractivity contribution in [3.63, 3.8) is 0 Å². The molecule has 13 rings (SSSR count). The molecule has 9 aromatic carbocycles. The van der Waals surface area contributed by atoms with Gasteiger partial charge in [0.1, 0.15) is 22.3 Å². The molecule has 4 heteroatoms. The average Bonchev–Trinajstić information content (AvgIpc) is 4.04. The van der Waals surface area contributed by atoms with E-state index in [1.54, 1.807) is 0 Å². The topological polar surface area (TPSA) is 36.1 Å². The minimum absolute atomic E-state index is 0.873. The first-order valence-corrected chi connectivity index (χ1v) is 19.8. The Bertz CT molecular complexity index is 3790. The number of para-hydroxylation sites is 4. The van der Waals surface area contributed by atoms with Gasteiger partial charge < -0.3 is 18.0 Å². The molecule has 0 radical (unpaired) electrons. The zero-order valence-corrected chi connectivity index (χ0v) is 31.2. The van der Waals surface area contributed by atoms with Gasteiger partial charge in [0.05, 0.1) is 27.5 Å². The number of furan rings is 2. The lowest BCUT2D eigenvalue weighted by Gasteiger charge is -2.09. The molecule has 0 aliphatic rings. The van der Waals surface area contributed by atoms with E-state index in [1.807, 2.05) is 6.07 Å². The molecule has 0 unspecified atom stereocenters. The molecule has 4 heterocycles. The fourth-order valence-corrected chi connectivity index (χ4v) is 9.56. The summed E-state index contributed by atoms with van der Waals surface area (Å²) in [6.07, 6.45) is 0. The maximum absolute atomic E-state index is 6.68. The molecule has 58 heavy (non-hydrogen) atoms. The predicted octanol–water partition coefficient (Wildman–Crippen LogP) is 15.0. The smallest absolute Gasteiger partial charge is 0.145 e. The van der Waals surface area contributed by atoms with Crippen LogP contribution in [0.3, 0.4) is 0 Å². The van der Waals surface area contributed by atoms with Crippen LogP contribution in [-0.2, 0) is 0 Å². The average molecular weight is 741 g/mol. The molecule has 4 aromatic heterocycles. The minimum atomic E-state index is 0.873. The molecule has 0 amide bonds. The van der Waals surface area contributed by atoms with Crippen LogP contribution in [-0.4, -0.2) is 9.13 Å². The number of rotatable bonds is 4. The van der Waals surface area contributed by atoms with Gasteiger partial charge in [-0.05, 0) is 113 Å². The van der Waals surface area contributed by atoms with Crippen molar-refractivity contribution in [1.29, 1.82) is 0 Å². The van der Waals surface area contributed by atoms with Crippen LogP contribution >= 0.6 is 0 Å². The Morgan fingerprint density at radius 1 is 0.293 bits per heavy atom. The fourth-order valence-electron chi connectivity index (χ4n) is 9.56. The summed E-state index contributed by atoms with van der Waals surface area (Å²) in [7, 11) is 0. The Hall–Kier alpha value is -7.82. The van der Waals surface area contributed by atoms with Crippen molar-refractivity contribution in [3.05, 3.63) is 194 Å². The largest absolute Gasteiger partial charge is 0.456 e. The molecule has 4 nitrogen and oxygen atoms in total. The monoisotopic (exact) mass is 740 g/mol. The van der Waals surface area contributed by atoms with Crippen LogP contribution in [0.1, 0.15) is 0 Å². The number of fused-ring (bicyclic) bond motifs is 13. The van der Waals surface area contributed by atoms with Gasteiger partial charge >= 0.3 is 0 Å². The molecule has 0 aliphatic heterocycles. The molecule has 0 spiro atoms. The molecular formula is C54H32N2O2. The SMILES string of the molecule is c1ccc(-n2c3ccccc3c3cc(-c4ccc5oc6cccc(-c7ccc8c(c7)c7c9oc%10ccccc%10c9ccc7n8-c7ccccc7)c6c5c4)ccc32)cc1. The molecule has 0 bridgehead atoms. The molecule has 0 saturated carbocycles. The lowest BCUT2D eigenvalue weighted by atomic mass is 9.96. The van der Waals surface area contributed by atoms with Crippen LogP contribution in [0.5, 0.6) is 0 Å². The summed E-state index contributed by atoms with van der Waals surface area (Å²) in [6.45, 7) is 0. The fraction of sp³-hybridized carbons (Fsp3) is 0. The highest BCUT2D eigenvalue weighted by Crippen LogP contribution is 2.44. The van der Waals surface area contributed by atoms with E-state index in [2.05, 4.69) is 197 Å². The van der Waals surface area contributed by atoms with Crippen molar-refractivity contribution in [2.75, 3.05) is 0 Å². The lowest BCUT2D eigenvalue weighted by molar-refractivity contribution is 0.669. The van der Waals surface area contributed by atoms with Crippen LogP contribution in [0.15, 0.2) is 203 Å².